The number of halogens is 2. The van der Waals surface area contributed by atoms with Crippen LogP contribution < -0.4 is 10.6 Å². The molecule has 0 aliphatic rings. The van der Waals surface area contributed by atoms with Crippen LogP contribution in [0.2, 0.25) is 0 Å². The van der Waals surface area contributed by atoms with Gasteiger partial charge in [-0.15, -0.1) is 0 Å². The zero-order chi connectivity index (χ0) is 18.4. The fraction of sp³-hybridized carbons (Fsp3) is 0.222. The molecular weight excluding hydrogens is 330 g/mol. The number of benzene rings is 2. The van der Waals surface area contributed by atoms with Crippen LogP contribution in [-0.2, 0) is 16.0 Å². The van der Waals surface area contributed by atoms with Gasteiger partial charge in [0.25, 0.3) is 0 Å². The van der Waals surface area contributed by atoms with Crippen molar-refractivity contribution in [2.75, 3.05) is 11.9 Å². The standard InChI is InChI=1S/C18H18F2N2O3/c1-2-11-5-3-6-12(9-11)22-18(25)17(24)21-10-15(23)16-13(19)7-4-8-14(16)20/h3-9,15,23H,2,10H2,1H3,(H,21,24)(H,22,25). The van der Waals surface area contributed by atoms with Gasteiger partial charge in [-0.05, 0) is 36.2 Å². The predicted molar refractivity (Wildman–Crippen MR) is 88.8 cm³/mol. The van der Waals surface area contributed by atoms with Crippen LogP contribution in [0.5, 0.6) is 0 Å². The summed E-state index contributed by atoms with van der Waals surface area (Å²) in [7, 11) is 0. The molecule has 0 aliphatic carbocycles. The second-order valence-electron chi connectivity index (χ2n) is 5.37. The van der Waals surface area contributed by atoms with Crippen LogP contribution in [0.3, 0.4) is 0 Å². The van der Waals surface area contributed by atoms with Crippen molar-refractivity contribution in [3.8, 4) is 0 Å². The van der Waals surface area contributed by atoms with E-state index in [4.69, 9.17) is 0 Å². The van der Waals surface area contributed by atoms with Crippen LogP contribution in [0.25, 0.3) is 0 Å². The van der Waals surface area contributed by atoms with Crippen molar-refractivity contribution in [1.82, 2.24) is 5.32 Å². The first-order chi connectivity index (χ1) is 11.9. The Morgan fingerprint density at radius 2 is 1.72 bits per heavy atom. The third-order valence-corrected chi connectivity index (χ3v) is 3.59. The van der Waals surface area contributed by atoms with Gasteiger partial charge in [-0.1, -0.05) is 25.1 Å². The molecule has 0 bridgehead atoms. The normalized spacial score (nSPS) is 11.7. The largest absolute Gasteiger partial charge is 0.386 e. The van der Waals surface area contributed by atoms with Crippen molar-refractivity contribution < 1.29 is 23.5 Å². The number of amides is 2. The average molecular weight is 348 g/mol. The monoisotopic (exact) mass is 348 g/mol. The zero-order valence-electron chi connectivity index (χ0n) is 13.6. The van der Waals surface area contributed by atoms with Gasteiger partial charge in [0.2, 0.25) is 0 Å². The molecule has 0 aromatic heterocycles. The molecule has 132 valence electrons. The van der Waals surface area contributed by atoms with E-state index in [1.807, 2.05) is 13.0 Å². The van der Waals surface area contributed by atoms with E-state index in [0.717, 1.165) is 30.2 Å². The lowest BCUT2D eigenvalue weighted by Crippen LogP contribution is -2.37. The molecule has 1 unspecified atom stereocenters. The Morgan fingerprint density at radius 1 is 1.08 bits per heavy atom. The summed E-state index contributed by atoms with van der Waals surface area (Å²) in [6.45, 7) is 1.45. The van der Waals surface area contributed by atoms with Crippen LogP contribution in [0.4, 0.5) is 14.5 Å². The number of aliphatic hydroxyl groups is 1. The van der Waals surface area contributed by atoms with Gasteiger partial charge in [0.1, 0.15) is 17.7 Å². The molecule has 1 atom stereocenters. The summed E-state index contributed by atoms with van der Waals surface area (Å²) in [5.74, 6) is -3.81. The highest BCUT2D eigenvalue weighted by atomic mass is 19.1. The Labute approximate surface area is 143 Å². The highest BCUT2D eigenvalue weighted by molar-refractivity contribution is 6.39. The number of aliphatic hydroxyl groups excluding tert-OH is 1. The maximum atomic E-state index is 13.6. The average Bonchev–Trinajstić information content (AvgIpc) is 2.59. The van der Waals surface area contributed by atoms with E-state index in [-0.39, 0.29) is 0 Å². The Balaban J connectivity index is 1.94. The number of hydrogen-bond donors (Lipinski definition) is 3. The maximum absolute atomic E-state index is 13.6. The molecule has 2 rings (SSSR count). The van der Waals surface area contributed by atoms with Gasteiger partial charge in [0, 0.05) is 12.2 Å². The molecular formula is C18H18F2N2O3. The predicted octanol–water partition coefficient (Wildman–Crippen LogP) is 2.32. The van der Waals surface area contributed by atoms with Crippen LogP contribution in [0.15, 0.2) is 42.5 Å². The molecule has 0 fully saturated rings. The molecule has 2 amide bonds. The van der Waals surface area contributed by atoms with Gasteiger partial charge in [0.15, 0.2) is 0 Å². The van der Waals surface area contributed by atoms with Crippen LogP contribution >= 0.6 is 0 Å². The topological polar surface area (TPSA) is 78.4 Å². The third-order valence-electron chi connectivity index (χ3n) is 3.59. The first kappa shape index (κ1) is 18.5. The second-order valence-corrected chi connectivity index (χ2v) is 5.37. The van der Waals surface area contributed by atoms with Gasteiger partial charge in [0.05, 0.1) is 5.56 Å². The molecule has 2 aromatic carbocycles. The lowest BCUT2D eigenvalue weighted by atomic mass is 10.1. The molecule has 5 nitrogen and oxygen atoms in total. The summed E-state index contributed by atoms with van der Waals surface area (Å²) >= 11 is 0. The SMILES string of the molecule is CCc1cccc(NC(=O)C(=O)NCC(O)c2c(F)cccc2F)c1. The summed E-state index contributed by atoms with van der Waals surface area (Å²) in [6.07, 6.45) is -0.836. The molecule has 25 heavy (non-hydrogen) atoms. The maximum Gasteiger partial charge on any atom is 0.313 e. The van der Waals surface area contributed by atoms with E-state index in [9.17, 15) is 23.5 Å². The molecule has 0 aliphatic heterocycles. The molecule has 2 aromatic rings. The molecule has 0 saturated carbocycles. The number of rotatable bonds is 5. The Kier molecular flexibility index (Phi) is 6.19. The van der Waals surface area contributed by atoms with Gasteiger partial charge in [-0.25, -0.2) is 8.78 Å². The first-order valence-electron chi connectivity index (χ1n) is 7.72. The summed E-state index contributed by atoms with van der Waals surface area (Å²) in [5, 5.41) is 14.4. The van der Waals surface area contributed by atoms with Crippen molar-refractivity contribution in [3.05, 3.63) is 65.2 Å². The molecule has 3 N–H and O–H groups in total. The van der Waals surface area contributed by atoms with Crippen molar-refractivity contribution in [1.29, 1.82) is 0 Å². The van der Waals surface area contributed by atoms with Crippen molar-refractivity contribution in [3.63, 3.8) is 0 Å². The third kappa shape index (κ3) is 4.84. The van der Waals surface area contributed by atoms with E-state index in [1.165, 1.54) is 0 Å². The highest BCUT2D eigenvalue weighted by Gasteiger charge is 2.20. The summed E-state index contributed by atoms with van der Waals surface area (Å²) in [4.78, 5) is 23.6. The zero-order valence-corrected chi connectivity index (χ0v) is 13.6. The van der Waals surface area contributed by atoms with E-state index >= 15 is 0 Å². The number of hydrogen-bond acceptors (Lipinski definition) is 3. The molecule has 0 heterocycles. The quantitative estimate of drug-likeness (QED) is 0.726. The molecule has 0 spiro atoms. The van der Waals surface area contributed by atoms with E-state index in [0.29, 0.717) is 5.69 Å². The molecule has 0 radical (unpaired) electrons. The minimum Gasteiger partial charge on any atom is -0.386 e. The van der Waals surface area contributed by atoms with Gasteiger partial charge >= 0.3 is 11.8 Å². The number of aryl methyl sites for hydroxylation is 1. The summed E-state index contributed by atoms with van der Waals surface area (Å²) in [5.41, 5.74) is 0.891. The van der Waals surface area contributed by atoms with Crippen molar-refractivity contribution in [2.24, 2.45) is 0 Å². The minimum absolute atomic E-state index is 0.459. The number of anilines is 1. The number of carbonyl (C=O) groups excluding carboxylic acids is 2. The highest BCUT2D eigenvalue weighted by Crippen LogP contribution is 2.19. The lowest BCUT2D eigenvalue weighted by molar-refractivity contribution is -0.136. The molecule has 0 saturated heterocycles. The fourth-order valence-electron chi connectivity index (χ4n) is 2.26. The van der Waals surface area contributed by atoms with Crippen LogP contribution in [-0.4, -0.2) is 23.5 Å². The Bertz CT molecular complexity index is 760. The number of nitrogens with one attached hydrogen (secondary N) is 2. The number of carbonyl (C=O) groups is 2. The van der Waals surface area contributed by atoms with Crippen molar-refractivity contribution >= 4 is 17.5 Å². The van der Waals surface area contributed by atoms with Crippen LogP contribution in [0.1, 0.15) is 24.2 Å². The lowest BCUT2D eigenvalue weighted by Gasteiger charge is -2.14. The second kappa shape index (κ2) is 8.34. The smallest absolute Gasteiger partial charge is 0.313 e. The molecule has 7 heteroatoms. The van der Waals surface area contributed by atoms with E-state index < -0.39 is 41.7 Å². The summed E-state index contributed by atoms with van der Waals surface area (Å²) < 4.78 is 27.1. The summed E-state index contributed by atoms with van der Waals surface area (Å²) in [6, 6.07) is 10.2. The van der Waals surface area contributed by atoms with Gasteiger partial charge in [-0.2, -0.15) is 0 Å². The van der Waals surface area contributed by atoms with Gasteiger partial charge < -0.3 is 15.7 Å². The Morgan fingerprint density at radius 3 is 2.36 bits per heavy atom. The Hall–Kier alpha value is -2.80. The van der Waals surface area contributed by atoms with E-state index in [2.05, 4.69) is 10.6 Å². The van der Waals surface area contributed by atoms with Gasteiger partial charge in [-0.3, -0.25) is 9.59 Å². The van der Waals surface area contributed by atoms with E-state index in [1.54, 1.807) is 18.2 Å². The first-order valence-corrected chi connectivity index (χ1v) is 7.72. The fourth-order valence-corrected chi connectivity index (χ4v) is 2.26. The van der Waals surface area contributed by atoms with Crippen molar-refractivity contribution in [2.45, 2.75) is 19.4 Å². The minimum atomic E-state index is -1.61. The van der Waals surface area contributed by atoms with Crippen LogP contribution in [0, 0.1) is 11.6 Å².